The van der Waals surface area contributed by atoms with Gasteiger partial charge in [0.2, 0.25) is 0 Å². The minimum absolute atomic E-state index is 0.00192. The Morgan fingerprint density at radius 2 is 2.05 bits per heavy atom. The number of aromatic nitrogens is 1. The Bertz CT molecular complexity index is 502. The first-order valence-electron chi connectivity index (χ1n) is 5.40. The molecule has 1 aromatic rings. The minimum atomic E-state index is -5.08. The van der Waals surface area contributed by atoms with Crippen LogP contribution in [0.4, 0.5) is 22.0 Å². The topological polar surface area (TPSA) is 59.4 Å². The van der Waals surface area contributed by atoms with E-state index in [2.05, 4.69) is 9.72 Å². The van der Waals surface area contributed by atoms with Gasteiger partial charge < -0.3 is 9.84 Å². The number of hydrogen-bond acceptors (Lipinski definition) is 4. The third kappa shape index (κ3) is 3.78. The Kier molecular flexibility index (Phi) is 4.85. The summed E-state index contributed by atoms with van der Waals surface area (Å²) in [7, 11) is 0. The van der Waals surface area contributed by atoms with Crippen LogP contribution in [0.5, 0.6) is 5.75 Å². The van der Waals surface area contributed by atoms with Gasteiger partial charge in [-0.05, 0) is 13.0 Å². The maximum atomic E-state index is 12.6. The van der Waals surface area contributed by atoms with E-state index in [9.17, 15) is 31.9 Å². The summed E-state index contributed by atoms with van der Waals surface area (Å²) in [6.45, 7) is 1.49. The highest BCUT2D eigenvalue weighted by molar-refractivity contribution is 5.72. The number of carbonyl (C=O) groups excluding carboxylic acids is 1. The smallest absolute Gasteiger partial charge is 0.418 e. The molecular formula is C11H10F5NO3. The van der Waals surface area contributed by atoms with E-state index < -0.39 is 47.7 Å². The molecule has 0 spiro atoms. The Morgan fingerprint density at radius 1 is 1.45 bits per heavy atom. The van der Waals surface area contributed by atoms with Crippen LogP contribution >= 0.6 is 0 Å². The summed E-state index contributed by atoms with van der Waals surface area (Å²) >= 11 is 0. The van der Waals surface area contributed by atoms with E-state index in [1.807, 2.05) is 0 Å². The van der Waals surface area contributed by atoms with Crippen LogP contribution in [-0.2, 0) is 22.1 Å². The van der Waals surface area contributed by atoms with Gasteiger partial charge in [0, 0.05) is 0 Å². The minimum Gasteiger partial charge on any atom is -0.506 e. The lowest BCUT2D eigenvalue weighted by Crippen LogP contribution is -2.15. The van der Waals surface area contributed by atoms with Gasteiger partial charge in [0.25, 0.3) is 6.43 Å². The molecule has 0 atom stereocenters. The number of hydrogen-bond donors (Lipinski definition) is 1. The fourth-order valence-electron chi connectivity index (χ4n) is 1.43. The molecule has 0 amide bonds. The number of carbonyl (C=O) groups is 1. The Balaban J connectivity index is 3.24. The largest absolute Gasteiger partial charge is 0.506 e. The van der Waals surface area contributed by atoms with Crippen LogP contribution in [0.1, 0.15) is 30.3 Å². The second-order valence-electron chi connectivity index (χ2n) is 3.67. The Labute approximate surface area is 110 Å². The van der Waals surface area contributed by atoms with Gasteiger partial charge in [0.05, 0.1) is 24.3 Å². The summed E-state index contributed by atoms with van der Waals surface area (Å²) in [6.07, 6.45) is -9.27. The zero-order valence-corrected chi connectivity index (χ0v) is 10.2. The van der Waals surface area contributed by atoms with Gasteiger partial charge in [-0.25, -0.2) is 13.8 Å². The molecule has 0 saturated carbocycles. The van der Waals surface area contributed by atoms with Crippen LogP contribution in [0.2, 0.25) is 0 Å². The number of nitrogens with zero attached hydrogens (tertiary/aromatic N) is 1. The van der Waals surface area contributed by atoms with Gasteiger partial charge in [-0.2, -0.15) is 13.2 Å². The first-order chi connectivity index (χ1) is 9.16. The first kappa shape index (κ1) is 16.1. The quantitative estimate of drug-likeness (QED) is 0.686. The Hall–Kier alpha value is -1.93. The highest BCUT2D eigenvalue weighted by atomic mass is 19.4. The van der Waals surface area contributed by atoms with Crippen molar-refractivity contribution in [1.82, 2.24) is 4.98 Å². The zero-order valence-electron chi connectivity index (χ0n) is 10.2. The number of halogens is 5. The van der Waals surface area contributed by atoms with E-state index in [1.165, 1.54) is 6.92 Å². The maximum absolute atomic E-state index is 12.6. The van der Waals surface area contributed by atoms with E-state index in [0.717, 1.165) is 0 Å². The third-order valence-electron chi connectivity index (χ3n) is 2.24. The lowest BCUT2D eigenvalue weighted by molar-refractivity contribution is -0.142. The van der Waals surface area contributed by atoms with Crippen molar-refractivity contribution >= 4 is 5.97 Å². The standard InChI is InChI=1S/C11H10F5NO3/c1-2-20-8(19)4-6-7(18)3-5(11(14,15)16)9(17-6)10(12)13/h3,10,18H,2,4H2,1H3. The number of esters is 1. The summed E-state index contributed by atoms with van der Waals surface area (Å²) in [6, 6.07) is 0.128. The highest BCUT2D eigenvalue weighted by Gasteiger charge is 2.38. The molecule has 0 bridgehead atoms. The number of alkyl halides is 5. The maximum Gasteiger partial charge on any atom is 0.418 e. The molecule has 0 saturated heterocycles. The summed E-state index contributed by atoms with van der Waals surface area (Å²) in [5, 5.41) is 9.36. The van der Waals surface area contributed by atoms with Gasteiger partial charge >= 0.3 is 12.1 Å². The SMILES string of the molecule is CCOC(=O)Cc1nc(C(F)F)c(C(F)(F)F)cc1O. The molecule has 4 nitrogen and oxygen atoms in total. The molecule has 1 N–H and O–H groups in total. The molecular weight excluding hydrogens is 289 g/mol. The number of pyridine rings is 1. The van der Waals surface area contributed by atoms with Gasteiger partial charge in [-0.3, -0.25) is 4.79 Å². The predicted octanol–water partition coefficient (Wildman–Crippen LogP) is 2.85. The van der Waals surface area contributed by atoms with Crippen LogP contribution in [0, 0.1) is 0 Å². The molecule has 1 aromatic heterocycles. The van der Waals surface area contributed by atoms with Crippen molar-refractivity contribution in [1.29, 1.82) is 0 Å². The van der Waals surface area contributed by atoms with Gasteiger partial charge in [-0.1, -0.05) is 0 Å². The number of ether oxygens (including phenoxy) is 1. The molecule has 0 aliphatic carbocycles. The average molecular weight is 299 g/mol. The predicted molar refractivity (Wildman–Crippen MR) is 56.2 cm³/mol. The summed E-state index contributed by atoms with van der Waals surface area (Å²) in [4.78, 5) is 14.2. The van der Waals surface area contributed by atoms with Crippen LogP contribution < -0.4 is 0 Å². The van der Waals surface area contributed by atoms with Crippen molar-refractivity contribution in [2.45, 2.75) is 25.9 Å². The molecule has 1 rings (SSSR count). The fourth-order valence-corrected chi connectivity index (χ4v) is 1.43. The zero-order chi connectivity index (χ0) is 15.5. The normalized spacial score (nSPS) is 11.8. The van der Waals surface area contributed by atoms with Crippen molar-refractivity contribution < 1.29 is 36.6 Å². The second kappa shape index (κ2) is 6.02. The fraction of sp³-hybridized carbons (Fsp3) is 0.455. The van der Waals surface area contributed by atoms with Gasteiger partial charge in [0.1, 0.15) is 11.4 Å². The molecule has 0 unspecified atom stereocenters. The van der Waals surface area contributed by atoms with Crippen molar-refractivity contribution in [2.75, 3.05) is 6.61 Å². The number of aromatic hydroxyl groups is 1. The van der Waals surface area contributed by atoms with Gasteiger partial charge in [0.15, 0.2) is 0 Å². The second-order valence-corrected chi connectivity index (χ2v) is 3.67. The average Bonchev–Trinajstić information content (AvgIpc) is 2.30. The molecule has 112 valence electrons. The van der Waals surface area contributed by atoms with Crippen molar-refractivity contribution in [2.24, 2.45) is 0 Å². The van der Waals surface area contributed by atoms with E-state index in [1.54, 1.807) is 0 Å². The number of rotatable bonds is 4. The van der Waals surface area contributed by atoms with Gasteiger partial charge in [-0.15, -0.1) is 0 Å². The molecule has 20 heavy (non-hydrogen) atoms. The van der Waals surface area contributed by atoms with E-state index in [4.69, 9.17) is 0 Å². The summed E-state index contributed by atoms with van der Waals surface area (Å²) in [5.74, 6) is -1.88. The summed E-state index contributed by atoms with van der Waals surface area (Å²) in [5.41, 5.74) is -3.86. The van der Waals surface area contributed by atoms with E-state index in [-0.39, 0.29) is 12.7 Å². The lowest BCUT2D eigenvalue weighted by Gasteiger charge is -2.14. The van der Waals surface area contributed by atoms with Crippen LogP contribution in [0.25, 0.3) is 0 Å². The molecule has 1 heterocycles. The third-order valence-corrected chi connectivity index (χ3v) is 2.24. The monoisotopic (exact) mass is 299 g/mol. The van der Waals surface area contributed by atoms with E-state index >= 15 is 0 Å². The summed E-state index contributed by atoms with van der Waals surface area (Å²) < 4.78 is 67.3. The van der Waals surface area contributed by atoms with Crippen LogP contribution in [0.3, 0.4) is 0 Å². The van der Waals surface area contributed by atoms with Crippen LogP contribution in [0.15, 0.2) is 6.07 Å². The molecule has 0 aliphatic heterocycles. The molecule has 0 radical (unpaired) electrons. The van der Waals surface area contributed by atoms with Crippen molar-refractivity contribution in [3.63, 3.8) is 0 Å². The molecule has 0 fully saturated rings. The molecule has 0 aliphatic rings. The van der Waals surface area contributed by atoms with Crippen molar-refractivity contribution in [3.8, 4) is 5.75 Å². The lowest BCUT2D eigenvalue weighted by atomic mass is 10.1. The molecule has 9 heteroatoms. The van der Waals surface area contributed by atoms with Crippen molar-refractivity contribution in [3.05, 3.63) is 23.0 Å². The Morgan fingerprint density at radius 3 is 2.50 bits per heavy atom. The first-order valence-corrected chi connectivity index (χ1v) is 5.40. The van der Waals surface area contributed by atoms with E-state index in [0.29, 0.717) is 0 Å². The highest BCUT2D eigenvalue weighted by Crippen LogP contribution is 2.38. The van der Waals surface area contributed by atoms with Crippen LogP contribution in [-0.4, -0.2) is 22.7 Å². The molecule has 0 aromatic carbocycles.